The Balaban J connectivity index is 2.30. The van der Waals surface area contributed by atoms with Crippen LogP contribution in [0.4, 0.5) is 4.39 Å². The molecule has 0 radical (unpaired) electrons. The van der Waals surface area contributed by atoms with Crippen LogP contribution >= 0.6 is 0 Å². The molecule has 0 saturated carbocycles. The maximum atomic E-state index is 13.9. The quantitative estimate of drug-likeness (QED) is 0.901. The molecule has 0 aliphatic carbocycles. The highest BCUT2D eigenvalue weighted by Crippen LogP contribution is 2.25. The third kappa shape index (κ3) is 2.76. The predicted octanol–water partition coefficient (Wildman–Crippen LogP) is 1.06. The van der Waals surface area contributed by atoms with Crippen LogP contribution in [0, 0.1) is 5.82 Å². The summed E-state index contributed by atoms with van der Waals surface area (Å²) in [5, 5.41) is 9.14. The minimum absolute atomic E-state index is 0.0829. The number of carbonyl (C=O) groups is 1. The number of aliphatic hydroxyl groups is 1. The number of amides is 1. The van der Waals surface area contributed by atoms with E-state index in [1.807, 2.05) is 6.92 Å². The molecular weight excluding hydrogens is 265 g/mol. The molecule has 2 unspecified atom stereocenters. The average molecular weight is 283 g/mol. The fraction of sp³-hybridized carbons (Fsp3) is 0.500. The molecule has 0 spiro atoms. The van der Waals surface area contributed by atoms with Crippen LogP contribution in [0.3, 0.4) is 0 Å². The van der Waals surface area contributed by atoms with Crippen LogP contribution in [-0.4, -0.2) is 54.9 Å². The van der Waals surface area contributed by atoms with Gasteiger partial charge in [-0.05, 0) is 19.1 Å². The maximum absolute atomic E-state index is 13.9. The van der Waals surface area contributed by atoms with E-state index in [1.165, 1.54) is 24.1 Å². The van der Waals surface area contributed by atoms with Gasteiger partial charge in [-0.25, -0.2) is 4.39 Å². The molecule has 2 rings (SSSR count). The van der Waals surface area contributed by atoms with Crippen LogP contribution < -0.4 is 4.74 Å². The normalized spacial score (nSPS) is 22.7. The SMILES string of the molecule is COc1cccc(F)c1C(=O)N1CC(CO)OCC1C. The fourth-order valence-corrected chi connectivity index (χ4v) is 2.24. The van der Waals surface area contributed by atoms with Crippen LogP contribution in [0.15, 0.2) is 18.2 Å². The lowest BCUT2D eigenvalue weighted by Crippen LogP contribution is -2.52. The van der Waals surface area contributed by atoms with Crippen molar-refractivity contribution in [3.63, 3.8) is 0 Å². The van der Waals surface area contributed by atoms with Gasteiger partial charge in [0, 0.05) is 6.54 Å². The third-order valence-corrected chi connectivity index (χ3v) is 3.38. The molecule has 5 nitrogen and oxygen atoms in total. The molecule has 1 heterocycles. The molecular formula is C14H18FNO4. The van der Waals surface area contributed by atoms with Gasteiger partial charge in [0.25, 0.3) is 5.91 Å². The number of rotatable bonds is 3. The first-order valence-electron chi connectivity index (χ1n) is 6.44. The first kappa shape index (κ1) is 14.7. The average Bonchev–Trinajstić information content (AvgIpc) is 2.46. The van der Waals surface area contributed by atoms with Crippen LogP contribution in [-0.2, 0) is 4.74 Å². The Morgan fingerprint density at radius 2 is 2.35 bits per heavy atom. The van der Waals surface area contributed by atoms with Crippen molar-refractivity contribution in [1.82, 2.24) is 4.90 Å². The van der Waals surface area contributed by atoms with Crippen molar-refractivity contribution in [2.45, 2.75) is 19.1 Å². The van der Waals surface area contributed by atoms with Crippen LogP contribution in [0.5, 0.6) is 5.75 Å². The van der Waals surface area contributed by atoms with E-state index in [4.69, 9.17) is 14.6 Å². The Labute approximate surface area is 116 Å². The standard InChI is InChI=1S/C14H18FNO4/c1-9-8-20-10(7-17)6-16(9)14(18)13-11(15)4-3-5-12(13)19-2/h3-5,9-10,17H,6-8H2,1-2H3. The summed E-state index contributed by atoms with van der Waals surface area (Å²) in [5.41, 5.74) is -0.0829. The number of halogens is 1. The molecule has 110 valence electrons. The van der Waals surface area contributed by atoms with Gasteiger partial charge in [-0.2, -0.15) is 0 Å². The molecule has 1 aliphatic rings. The lowest BCUT2D eigenvalue weighted by atomic mass is 10.1. The zero-order valence-corrected chi connectivity index (χ0v) is 11.5. The van der Waals surface area contributed by atoms with Gasteiger partial charge in [-0.1, -0.05) is 6.07 Å². The number of carbonyl (C=O) groups excluding carboxylic acids is 1. The van der Waals surface area contributed by atoms with Crippen molar-refractivity contribution in [1.29, 1.82) is 0 Å². The van der Waals surface area contributed by atoms with E-state index in [1.54, 1.807) is 6.07 Å². The fourth-order valence-electron chi connectivity index (χ4n) is 2.24. The summed E-state index contributed by atoms with van der Waals surface area (Å²) in [4.78, 5) is 14.0. The van der Waals surface area contributed by atoms with E-state index < -0.39 is 17.8 Å². The lowest BCUT2D eigenvalue weighted by molar-refractivity contribution is -0.0668. The van der Waals surface area contributed by atoms with E-state index in [2.05, 4.69) is 0 Å². The van der Waals surface area contributed by atoms with Crippen molar-refractivity contribution in [3.05, 3.63) is 29.6 Å². The van der Waals surface area contributed by atoms with Crippen LogP contribution in [0.25, 0.3) is 0 Å². The molecule has 0 aromatic heterocycles. The second-order valence-corrected chi connectivity index (χ2v) is 4.76. The highest BCUT2D eigenvalue weighted by Gasteiger charge is 2.32. The largest absolute Gasteiger partial charge is 0.496 e. The number of nitrogens with zero attached hydrogens (tertiary/aromatic N) is 1. The Kier molecular flexibility index (Phi) is 4.57. The van der Waals surface area contributed by atoms with Gasteiger partial charge in [-0.15, -0.1) is 0 Å². The minimum atomic E-state index is -0.617. The van der Waals surface area contributed by atoms with E-state index in [0.29, 0.717) is 6.61 Å². The molecule has 1 fully saturated rings. The van der Waals surface area contributed by atoms with Crippen molar-refractivity contribution in [2.75, 3.05) is 26.9 Å². The number of hydrogen-bond acceptors (Lipinski definition) is 4. The number of ether oxygens (including phenoxy) is 2. The number of benzene rings is 1. The third-order valence-electron chi connectivity index (χ3n) is 3.38. The Morgan fingerprint density at radius 3 is 3.00 bits per heavy atom. The van der Waals surface area contributed by atoms with Gasteiger partial charge >= 0.3 is 0 Å². The van der Waals surface area contributed by atoms with Gasteiger partial charge < -0.3 is 19.5 Å². The van der Waals surface area contributed by atoms with E-state index in [0.717, 1.165) is 0 Å². The highest BCUT2D eigenvalue weighted by molar-refractivity contribution is 5.97. The number of morpholine rings is 1. The Morgan fingerprint density at radius 1 is 1.60 bits per heavy atom. The molecule has 0 bridgehead atoms. The summed E-state index contributed by atoms with van der Waals surface area (Å²) >= 11 is 0. The summed E-state index contributed by atoms with van der Waals surface area (Å²) in [7, 11) is 1.39. The van der Waals surface area contributed by atoms with Crippen molar-refractivity contribution in [3.8, 4) is 5.75 Å². The molecule has 20 heavy (non-hydrogen) atoms. The molecule has 1 amide bonds. The van der Waals surface area contributed by atoms with Gasteiger partial charge in [0.1, 0.15) is 17.1 Å². The first-order chi connectivity index (χ1) is 9.58. The number of aliphatic hydroxyl groups excluding tert-OH is 1. The predicted molar refractivity (Wildman–Crippen MR) is 70.3 cm³/mol. The molecule has 6 heteroatoms. The summed E-state index contributed by atoms with van der Waals surface area (Å²) in [6.45, 7) is 2.19. The summed E-state index contributed by atoms with van der Waals surface area (Å²) < 4.78 is 24.4. The van der Waals surface area contributed by atoms with E-state index >= 15 is 0 Å². The van der Waals surface area contributed by atoms with Gasteiger partial charge in [-0.3, -0.25) is 4.79 Å². The molecule has 1 aromatic carbocycles. The van der Waals surface area contributed by atoms with E-state index in [-0.39, 0.29) is 30.5 Å². The number of methoxy groups -OCH3 is 1. The summed E-state index contributed by atoms with van der Waals surface area (Å²) in [6.07, 6.45) is -0.437. The van der Waals surface area contributed by atoms with Crippen molar-refractivity contribution in [2.24, 2.45) is 0 Å². The van der Waals surface area contributed by atoms with E-state index in [9.17, 15) is 9.18 Å². The second-order valence-electron chi connectivity index (χ2n) is 4.76. The zero-order valence-electron chi connectivity index (χ0n) is 11.5. The van der Waals surface area contributed by atoms with Crippen LogP contribution in [0.2, 0.25) is 0 Å². The lowest BCUT2D eigenvalue weighted by Gasteiger charge is -2.37. The molecule has 1 aromatic rings. The molecule has 2 atom stereocenters. The molecule has 1 saturated heterocycles. The van der Waals surface area contributed by atoms with Crippen LogP contribution in [0.1, 0.15) is 17.3 Å². The topological polar surface area (TPSA) is 59.0 Å². The highest BCUT2D eigenvalue weighted by atomic mass is 19.1. The zero-order chi connectivity index (χ0) is 14.7. The smallest absolute Gasteiger partial charge is 0.261 e. The monoisotopic (exact) mass is 283 g/mol. The Bertz CT molecular complexity index is 494. The summed E-state index contributed by atoms with van der Waals surface area (Å²) in [5.74, 6) is -0.864. The minimum Gasteiger partial charge on any atom is -0.496 e. The summed E-state index contributed by atoms with van der Waals surface area (Å²) in [6, 6.07) is 4.08. The maximum Gasteiger partial charge on any atom is 0.261 e. The first-order valence-corrected chi connectivity index (χ1v) is 6.44. The number of hydrogen-bond donors (Lipinski definition) is 1. The van der Waals surface area contributed by atoms with Gasteiger partial charge in [0.2, 0.25) is 0 Å². The second kappa shape index (κ2) is 6.19. The van der Waals surface area contributed by atoms with Gasteiger partial charge in [0.15, 0.2) is 0 Å². The molecule has 1 N–H and O–H groups in total. The molecule has 1 aliphatic heterocycles. The Hall–Kier alpha value is -1.66. The van der Waals surface area contributed by atoms with Gasteiger partial charge in [0.05, 0.1) is 32.5 Å². The van der Waals surface area contributed by atoms with Crippen molar-refractivity contribution < 1.29 is 23.8 Å². The van der Waals surface area contributed by atoms with Crippen molar-refractivity contribution >= 4 is 5.91 Å².